The number of alkyl carbamates (subject to hydrolysis) is 1. The second-order valence-electron chi connectivity index (χ2n) is 6.74. The summed E-state index contributed by atoms with van der Waals surface area (Å²) in [5.74, 6) is 0. The van der Waals surface area contributed by atoms with Crippen LogP contribution in [0.1, 0.15) is 53.4 Å². The molecule has 1 unspecified atom stereocenters. The number of amides is 1. The maximum atomic E-state index is 12.8. The minimum absolute atomic E-state index is 0.0525. The van der Waals surface area contributed by atoms with Gasteiger partial charge in [0.15, 0.2) is 0 Å². The van der Waals surface area contributed by atoms with Gasteiger partial charge in [0, 0.05) is 5.54 Å². The molecule has 4 nitrogen and oxygen atoms in total. The van der Waals surface area contributed by atoms with Crippen LogP contribution in [0.5, 0.6) is 0 Å². The van der Waals surface area contributed by atoms with Crippen LogP contribution in [-0.2, 0) is 4.74 Å². The first-order valence-corrected chi connectivity index (χ1v) is 6.54. The summed E-state index contributed by atoms with van der Waals surface area (Å²) in [5.41, 5.74) is 2.76. The van der Waals surface area contributed by atoms with E-state index in [-0.39, 0.29) is 6.42 Å². The fraction of sp³-hybridized carbons (Fsp3) is 0.923. The number of halogens is 2. The number of nitrogens with two attached hydrogens (primary N) is 1. The van der Waals surface area contributed by atoms with Gasteiger partial charge in [0.05, 0.1) is 5.54 Å². The van der Waals surface area contributed by atoms with Crippen molar-refractivity contribution in [3.05, 3.63) is 0 Å². The molecule has 0 aromatic rings. The Labute approximate surface area is 113 Å². The van der Waals surface area contributed by atoms with Gasteiger partial charge < -0.3 is 15.8 Å². The van der Waals surface area contributed by atoms with E-state index in [1.807, 2.05) is 0 Å². The van der Waals surface area contributed by atoms with Gasteiger partial charge in [-0.3, -0.25) is 0 Å². The van der Waals surface area contributed by atoms with Crippen LogP contribution in [0.4, 0.5) is 13.6 Å². The number of ether oxygens (including phenoxy) is 1. The Kier molecular flexibility index (Phi) is 4.44. The molecule has 1 fully saturated rings. The van der Waals surface area contributed by atoms with Gasteiger partial charge in [0.1, 0.15) is 5.60 Å². The summed E-state index contributed by atoms with van der Waals surface area (Å²) in [7, 11) is 0. The first-order chi connectivity index (χ1) is 8.46. The average molecular weight is 278 g/mol. The molecule has 1 amide bonds. The van der Waals surface area contributed by atoms with Gasteiger partial charge in [0.2, 0.25) is 0 Å². The average Bonchev–Trinajstić information content (AvgIpc) is 2.10. The molecule has 1 rings (SSSR count). The second-order valence-corrected chi connectivity index (χ2v) is 6.74. The molecule has 0 aromatic heterocycles. The van der Waals surface area contributed by atoms with Gasteiger partial charge in [-0.05, 0) is 53.4 Å². The number of alkyl halides is 2. The monoisotopic (exact) mass is 278 g/mol. The Hall–Kier alpha value is -0.910. The van der Waals surface area contributed by atoms with E-state index in [2.05, 4.69) is 5.32 Å². The van der Waals surface area contributed by atoms with Crippen LogP contribution in [0.25, 0.3) is 0 Å². The number of rotatable bonds is 4. The summed E-state index contributed by atoms with van der Waals surface area (Å²) in [5, 5.41) is 2.72. The molecule has 0 saturated heterocycles. The lowest BCUT2D eigenvalue weighted by atomic mass is 9.70. The molecule has 1 atom stereocenters. The maximum Gasteiger partial charge on any atom is 0.408 e. The third-order valence-corrected chi connectivity index (χ3v) is 3.29. The van der Waals surface area contributed by atoms with Gasteiger partial charge in [-0.15, -0.1) is 0 Å². The summed E-state index contributed by atoms with van der Waals surface area (Å²) in [4.78, 5) is 11.8. The molecule has 0 heterocycles. The molecule has 1 aliphatic rings. The Bertz CT molecular complexity index is 334. The quantitative estimate of drug-likeness (QED) is 0.831. The number of hydrogen-bond donors (Lipinski definition) is 2. The fourth-order valence-corrected chi connectivity index (χ4v) is 2.28. The molecule has 0 aromatic carbocycles. The lowest BCUT2D eigenvalue weighted by molar-refractivity contribution is 0.00888. The summed E-state index contributed by atoms with van der Waals surface area (Å²) in [6.07, 6.45) is -0.925. The normalized spacial score (nSPS) is 21.5. The van der Waals surface area contributed by atoms with Crippen molar-refractivity contribution in [2.45, 2.75) is 76.5 Å². The minimum Gasteiger partial charge on any atom is -0.444 e. The molecule has 112 valence electrons. The predicted molar refractivity (Wildman–Crippen MR) is 69.2 cm³/mol. The Morgan fingerprint density at radius 3 is 2.21 bits per heavy atom. The highest BCUT2D eigenvalue weighted by atomic mass is 19.3. The Morgan fingerprint density at radius 2 is 1.89 bits per heavy atom. The summed E-state index contributed by atoms with van der Waals surface area (Å²) >= 11 is 0. The molecule has 1 saturated carbocycles. The van der Waals surface area contributed by atoms with E-state index in [0.29, 0.717) is 12.8 Å². The highest BCUT2D eigenvalue weighted by Crippen LogP contribution is 2.39. The third kappa shape index (κ3) is 4.60. The van der Waals surface area contributed by atoms with Gasteiger partial charge in [0.25, 0.3) is 6.43 Å². The molecule has 0 aliphatic heterocycles. The van der Waals surface area contributed by atoms with Crippen molar-refractivity contribution in [3.63, 3.8) is 0 Å². The SMILES string of the molecule is CC(C)(C)OC(=O)NC1(CC(C)(N)C(F)F)CCC1. The van der Waals surface area contributed by atoms with Gasteiger partial charge in [-0.2, -0.15) is 0 Å². The van der Waals surface area contributed by atoms with Crippen LogP contribution < -0.4 is 11.1 Å². The molecule has 3 N–H and O–H groups in total. The summed E-state index contributed by atoms with van der Waals surface area (Å²) in [6, 6.07) is 0. The van der Waals surface area contributed by atoms with E-state index in [1.54, 1.807) is 20.8 Å². The summed E-state index contributed by atoms with van der Waals surface area (Å²) < 4.78 is 30.9. The molecule has 19 heavy (non-hydrogen) atoms. The van der Waals surface area contributed by atoms with E-state index in [9.17, 15) is 13.6 Å². The minimum atomic E-state index is -2.62. The second kappa shape index (κ2) is 5.23. The van der Waals surface area contributed by atoms with Gasteiger partial charge >= 0.3 is 6.09 Å². The van der Waals surface area contributed by atoms with Crippen LogP contribution in [0.15, 0.2) is 0 Å². The highest BCUT2D eigenvalue weighted by molar-refractivity contribution is 5.69. The predicted octanol–water partition coefficient (Wildman–Crippen LogP) is 2.81. The van der Waals surface area contributed by atoms with Crippen molar-refractivity contribution in [2.24, 2.45) is 5.73 Å². The Balaban J connectivity index is 2.64. The van der Waals surface area contributed by atoms with Gasteiger partial charge in [-0.25, -0.2) is 13.6 Å². The molecule has 1 aliphatic carbocycles. The fourth-order valence-electron chi connectivity index (χ4n) is 2.28. The van der Waals surface area contributed by atoms with E-state index in [0.717, 1.165) is 6.42 Å². The van der Waals surface area contributed by atoms with Crippen LogP contribution >= 0.6 is 0 Å². The van der Waals surface area contributed by atoms with Crippen molar-refractivity contribution in [1.29, 1.82) is 0 Å². The maximum absolute atomic E-state index is 12.8. The third-order valence-electron chi connectivity index (χ3n) is 3.29. The van der Waals surface area contributed by atoms with Crippen molar-refractivity contribution in [3.8, 4) is 0 Å². The van der Waals surface area contributed by atoms with Crippen LogP contribution in [0, 0.1) is 0 Å². The zero-order valence-electron chi connectivity index (χ0n) is 12.1. The molecular weight excluding hydrogens is 254 g/mol. The highest BCUT2D eigenvalue weighted by Gasteiger charge is 2.46. The first kappa shape index (κ1) is 16.1. The zero-order valence-corrected chi connectivity index (χ0v) is 12.1. The van der Waals surface area contributed by atoms with Crippen LogP contribution in [-0.4, -0.2) is 29.2 Å². The van der Waals surface area contributed by atoms with Crippen molar-refractivity contribution >= 4 is 6.09 Å². The van der Waals surface area contributed by atoms with Crippen molar-refractivity contribution in [1.82, 2.24) is 5.32 Å². The standard InChI is InChI=1S/C13H24F2N2O2/c1-11(2,3)19-10(18)17-13(6-5-7-13)8-12(4,16)9(14)15/h9H,5-8,16H2,1-4H3,(H,17,18). The molecule has 0 spiro atoms. The van der Waals surface area contributed by atoms with Gasteiger partial charge in [-0.1, -0.05) is 0 Å². The van der Waals surface area contributed by atoms with E-state index in [4.69, 9.17) is 10.5 Å². The Morgan fingerprint density at radius 1 is 1.37 bits per heavy atom. The van der Waals surface area contributed by atoms with Crippen LogP contribution in [0.3, 0.4) is 0 Å². The topological polar surface area (TPSA) is 64.3 Å². The van der Waals surface area contributed by atoms with Crippen LogP contribution in [0.2, 0.25) is 0 Å². The number of carbonyl (C=O) groups excluding carboxylic acids is 1. The van der Waals surface area contributed by atoms with Crippen molar-refractivity contribution in [2.75, 3.05) is 0 Å². The smallest absolute Gasteiger partial charge is 0.408 e. The number of nitrogens with one attached hydrogen (secondary N) is 1. The number of hydrogen-bond acceptors (Lipinski definition) is 3. The first-order valence-electron chi connectivity index (χ1n) is 6.54. The van der Waals surface area contributed by atoms with E-state index >= 15 is 0 Å². The largest absolute Gasteiger partial charge is 0.444 e. The van der Waals surface area contributed by atoms with Crippen molar-refractivity contribution < 1.29 is 18.3 Å². The molecule has 6 heteroatoms. The molecule has 0 radical (unpaired) electrons. The van der Waals surface area contributed by atoms with E-state index in [1.165, 1.54) is 6.92 Å². The molecular formula is C13H24F2N2O2. The van der Waals surface area contributed by atoms with E-state index < -0.39 is 29.2 Å². The lowest BCUT2D eigenvalue weighted by Crippen LogP contribution is -2.61. The zero-order chi connectivity index (χ0) is 14.9. The lowest BCUT2D eigenvalue weighted by Gasteiger charge is -2.46. The number of carbonyl (C=O) groups is 1. The molecule has 0 bridgehead atoms. The summed E-state index contributed by atoms with van der Waals surface area (Å²) in [6.45, 7) is 6.58.